The highest BCUT2D eigenvalue weighted by Crippen LogP contribution is 2.43. The van der Waals surface area contributed by atoms with E-state index in [4.69, 9.17) is 10.2 Å². The minimum atomic E-state index is -0.280. The van der Waals surface area contributed by atoms with Crippen molar-refractivity contribution in [2.45, 2.75) is 90.4 Å². The quantitative estimate of drug-likeness (QED) is 0.173. The van der Waals surface area contributed by atoms with E-state index in [0.29, 0.717) is 5.69 Å². The van der Waals surface area contributed by atoms with Gasteiger partial charge in [-0.05, 0) is 52.3 Å². The van der Waals surface area contributed by atoms with Crippen LogP contribution in [0.4, 0.5) is 0 Å². The van der Waals surface area contributed by atoms with E-state index >= 15 is 0 Å². The second-order valence-electron chi connectivity index (χ2n) is 13.4. The molecule has 0 radical (unpaired) electrons. The molecule has 5 aromatic rings. The molecule has 5 rings (SSSR count). The summed E-state index contributed by atoms with van der Waals surface area (Å²) in [6.45, 7) is 15.7. The minimum Gasteiger partial charge on any atom is -0.505 e. The number of fused-ring (bicyclic) bond motifs is 1. The average molecular weight is 560 g/mol. The predicted molar refractivity (Wildman–Crippen MR) is 175 cm³/mol. The van der Waals surface area contributed by atoms with E-state index in [0.717, 1.165) is 35.0 Å². The van der Waals surface area contributed by atoms with Gasteiger partial charge in [-0.15, -0.1) is 15.0 Å². The summed E-state index contributed by atoms with van der Waals surface area (Å²) in [5.74, 6) is 0.259. The zero-order chi connectivity index (χ0) is 30.1. The van der Waals surface area contributed by atoms with E-state index in [-0.39, 0.29) is 22.0 Å². The van der Waals surface area contributed by atoms with Gasteiger partial charge in [0, 0.05) is 16.4 Å². The highest BCUT2D eigenvalue weighted by atomic mass is 16.3. The molecule has 1 N–H and O–H groups in total. The molecule has 4 aromatic carbocycles. The van der Waals surface area contributed by atoms with E-state index in [1.165, 1.54) is 29.5 Å². The van der Waals surface area contributed by atoms with Gasteiger partial charge in [0.1, 0.15) is 22.5 Å². The first-order chi connectivity index (χ1) is 19.9. The fraction of sp³-hybridized carbons (Fsp3) is 0.368. The molecule has 42 heavy (non-hydrogen) atoms. The van der Waals surface area contributed by atoms with Gasteiger partial charge in [0.25, 0.3) is 0 Å². The van der Waals surface area contributed by atoms with Crippen LogP contribution in [0.2, 0.25) is 0 Å². The molecule has 1 aromatic heterocycles. The number of aromatic nitrogens is 3. The third-order valence-corrected chi connectivity index (χ3v) is 9.25. The number of phenols is 1. The molecule has 0 saturated carbocycles. The van der Waals surface area contributed by atoms with Gasteiger partial charge in [0.05, 0.1) is 0 Å². The molecule has 0 aliphatic heterocycles. The molecule has 0 fully saturated rings. The number of nitrogens with zero attached hydrogens (tertiary/aromatic N) is 3. The van der Waals surface area contributed by atoms with Crippen molar-refractivity contribution in [1.29, 1.82) is 0 Å². The van der Waals surface area contributed by atoms with Crippen LogP contribution >= 0.6 is 0 Å². The topological polar surface area (TPSA) is 50.9 Å². The molecule has 0 amide bonds. The van der Waals surface area contributed by atoms with Gasteiger partial charge in [-0.1, -0.05) is 141 Å². The van der Waals surface area contributed by atoms with E-state index in [9.17, 15) is 5.11 Å². The fourth-order valence-electron chi connectivity index (χ4n) is 6.05. The maximum Gasteiger partial charge on any atom is 0.146 e. The summed E-state index contributed by atoms with van der Waals surface area (Å²) < 4.78 is 0. The van der Waals surface area contributed by atoms with Crippen molar-refractivity contribution in [2.75, 3.05) is 0 Å². The predicted octanol–water partition coefficient (Wildman–Crippen LogP) is 9.64. The van der Waals surface area contributed by atoms with Crippen LogP contribution in [-0.4, -0.2) is 20.1 Å². The number of hydrogen-bond acceptors (Lipinski definition) is 3. The van der Waals surface area contributed by atoms with Gasteiger partial charge < -0.3 is 5.11 Å². The summed E-state index contributed by atoms with van der Waals surface area (Å²) in [5, 5.41) is 21.7. The van der Waals surface area contributed by atoms with Gasteiger partial charge in [-0.25, -0.2) is 0 Å². The molecule has 0 atom stereocenters. The SMILES string of the molecule is CCCCCC(C)(C)c1cc(C(C)(C)c2ccccc2)cc(-n2nc3ccc(C(C)(C)c4ccccc4)cc3n2)c1O. The molecule has 0 bridgehead atoms. The summed E-state index contributed by atoms with van der Waals surface area (Å²) >= 11 is 0. The Morgan fingerprint density at radius 3 is 1.79 bits per heavy atom. The molecule has 218 valence electrons. The number of unbranched alkanes of at least 4 members (excludes halogenated alkanes) is 2. The van der Waals surface area contributed by atoms with Crippen LogP contribution in [0.25, 0.3) is 16.7 Å². The first kappa shape index (κ1) is 29.6. The largest absolute Gasteiger partial charge is 0.505 e. The van der Waals surface area contributed by atoms with Crippen LogP contribution in [0.5, 0.6) is 5.75 Å². The zero-order valence-electron chi connectivity index (χ0n) is 26.3. The number of rotatable bonds is 10. The van der Waals surface area contributed by atoms with Crippen molar-refractivity contribution in [1.82, 2.24) is 15.0 Å². The van der Waals surface area contributed by atoms with E-state index in [2.05, 4.69) is 127 Å². The Kier molecular flexibility index (Phi) is 8.02. The Labute approximate surface area is 251 Å². The lowest BCUT2D eigenvalue weighted by Gasteiger charge is -2.32. The molecule has 4 nitrogen and oxygen atoms in total. The van der Waals surface area contributed by atoms with Crippen molar-refractivity contribution in [3.8, 4) is 11.4 Å². The maximum absolute atomic E-state index is 11.9. The number of hydrogen-bond donors (Lipinski definition) is 1. The van der Waals surface area contributed by atoms with Crippen molar-refractivity contribution in [2.24, 2.45) is 0 Å². The summed E-state index contributed by atoms with van der Waals surface area (Å²) in [7, 11) is 0. The summed E-state index contributed by atoms with van der Waals surface area (Å²) in [6.07, 6.45) is 4.46. The Hall–Kier alpha value is -3.92. The van der Waals surface area contributed by atoms with Crippen LogP contribution in [0.1, 0.15) is 102 Å². The molecule has 0 spiro atoms. The fourth-order valence-corrected chi connectivity index (χ4v) is 6.05. The van der Waals surface area contributed by atoms with Gasteiger partial charge in [0.2, 0.25) is 0 Å². The van der Waals surface area contributed by atoms with Gasteiger partial charge >= 0.3 is 0 Å². The van der Waals surface area contributed by atoms with E-state index < -0.39 is 0 Å². The molecule has 0 aliphatic rings. The van der Waals surface area contributed by atoms with Gasteiger partial charge in [-0.3, -0.25) is 0 Å². The monoisotopic (exact) mass is 559 g/mol. The molecular weight excluding hydrogens is 514 g/mol. The lowest BCUT2D eigenvalue weighted by molar-refractivity contribution is 0.403. The molecule has 4 heteroatoms. The highest BCUT2D eigenvalue weighted by Gasteiger charge is 2.32. The van der Waals surface area contributed by atoms with Crippen LogP contribution in [0.15, 0.2) is 91.0 Å². The first-order valence-electron chi connectivity index (χ1n) is 15.3. The van der Waals surface area contributed by atoms with Crippen molar-refractivity contribution >= 4 is 11.0 Å². The highest BCUT2D eigenvalue weighted by molar-refractivity contribution is 5.76. The van der Waals surface area contributed by atoms with E-state index in [1.54, 1.807) is 4.80 Å². The van der Waals surface area contributed by atoms with Crippen LogP contribution in [0, 0.1) is 0 Å². The third-order valence-electron chi connectivity index (χ3n) is 9.25. The Balaban J connectivity index is 1.65. The summed E-state index contributed by atoms with van der Waals surface area (Å²) in [4.78, 5) is 1.63. The Morgan fingerprint density at radius 1 is 0.619 bits per heavy atom. The lowest BCUT2D eigenvalue weighted by atomic mass is 9.73. The number of phenolic OH excluding ortho intramolecular Hbond substituents is 1. The smallest absolute Gasteiger partial charge is 0.146 e. The number of benzene rings is 4. The Bertz CT molecular complexity index is 1660. The normalized spacial score (nSPS) is 12.6. The summed E-state index contributed by atoms with van der Waals surface area (Å²) in [6, 6.07) is 31.7. The van der Waals surface area contributed by atoms with Crippen LogP contribution < -0.4 is 0 Å². The second kappa shape index (κ2) is 11.4. The summed E-state index contributed by atoms with van der Waals surface area (Å²) in [5.41, 5.74) is 7.29. The molecule has 1 heterocycles. The standard InChI is InChI=1S/C38H45N3O/c1-8-9-16-23-36(2,3)31-24-30(38(6,7)28-19-14-11-15-20-28)26-34(35(31)42)41-39-32-22-21-29(25-33(32)40-41)37(4,5)27-17-12-10-13-18-27/h10-15,17-22,24-26,42H,8-9,16,23H2,1-7H3. The maximum atomic E-state index is 11.9. The van der Waals surface area contributed by atoms with Crippen molar-refractivity contribution in [3.05, 3.63) is 119 Å². The van der Waals surface area contributed by atoms with Crippen LogP contribution in [-0.2, 0) is 16.2 Å². The Morgan fingerprint density at radius 2 is 1.19 bits per heavy atom. The van der Waals surface area contributed by atoms with E-state index in [1.807, 2.05) is 12.1 Å². The lowest BCUT2D eigenvalue weighted by Crippen LogP contribution is -2.23. The average Bonchev–Trinajstić information content (AvgIpc) is 3.41. The van der Waals surface area contributed by atoms with Gasteiger partial charge in [0.15, 0.2) is 0 Å². The van der Waals surface area contributed by atoms with Crippen molar-refractivity contribution in [3.63, 3.8) is 0 Å². The molecule has 0 saturated heterocycles. The second-order valence-corrected chi connectivity index (χ2v) is 13.4. The molecular formula is C38H45N3O. The zero-order valence-corrected chi connectivity index (χ0v) is 26.3. The van der Waals surface area contributed by atoms with Crippen LogP contribution in [0.3, 0.4) is 0 Å². The van der Waals surface area contributed by atoms with Gasteiger partial charge in [-0.2, -0.15) is 0 Å². The molecule has 0 unspecified atom stereocenters. The minimum absolute atomic E-state index is 0.184. The first-order valence-corrected chi connectivity index (χ1v) is 15.3. The molecule has 0 aliphatic carbocycles. The number of aromatic hydroxyl groups is 1. The van der Waals surface area contributed by atoms with Crippen molar-refractivity contribution < 1.29 is 5.11 Å². The third kappa shape index (κ3) is 5.60.